The van der Waals surface area contributed by atoms with Gasteiger partial charge in [0, 0.05) is 28.5 Å². The summed E-state index contributed by atoms with van der Waals surface area (Å²) in [7, 11) is 1.49. The Labute approximate surface area is 132 Å². The van der Waals surface area contributed by atoms with E-state index < -0.39 is 0 Å². The molecule has 3 aromatic rings. The van der Waals surface area contributed by atoms with E-state index in [4.69, 9.17) is 4.89 Å². The van der Waals surface area contributed by atoms with Crippen LogP contribution in [0.25, 0.3) is 16.1 Å². The molecule has 0 bridgehead atoms. The lowest BCUT2D eigenvalue weighted by atomic mass is 10.2. The lowest BCUT2D eigenvalue weighted by Crippen LogP contribution is -1.93. The van der Waals surface area contributed by atoms with Gasteiger partial charge in [0.15, 0.2) is 0 Å². The van der Waals surface area contributed by atoms with Crippen LogP contribution in [-0.2, 0) is 16.4 Å². The number of nitriles is 1. The lowest BCUT2D eigenvalue weighted by Gasteiger charge is -2.05. The van der Waals surface area contributed by atoms with Crippen molar-refractivity contribution in [2.75, 3.05) is 7.11 Å². The number of aromatic nitrogens is 1. The summed E-state index contributed by atoms with van der Waals surface area (Å²) < 4.78 is 1.97. The quantitative estimate of drug-likeness (QED) is 0.525. The Bertz CT molecular complexity index is 783. The summed E-state index contributed by atoms with van der Waals surface area (Å²) in [6.07, 6.45) is 3.85. The Morgan fingerprint density at radius 3 is 2.64 bits per heavy atom. The minimum atomic E-state index is 0.409. The zero-order valence-electron chi connectivity index (χ0n) is 12.0. The van der Waals surface area contributed by atoms with Gasteiger partial charge in [-0.2, -0.15) is 5.26 Å². The minimum Gasteiger partial charge on any atom is -0.322 e. The molecule has 0 atom stereocenters. The third-order valence-corrected chi connectivity index (χ3v) is 4.21. The molecule has 0 aliphatic carbocycles. The van der Waals surface area contributed by atoms with Crippen molar-refractivity contribution in [1.29, 1.82) is 5.26 Å². The lowest BCUT2D eigenvalue weighted by molar-refractivity contribution is -0.282. The van der Waals surface area contributed by atoms with Crippen LogP contribution in [-0.4, -0.2) is 11.7 Å². The molecule has 110 valence electrons. The zero-order valence-corrected chi connectivity index (χ0v) is 12.8. The van der Waals surface area contributed by atoms with E-state index in [1.54, 1.807) is 11.3 Å². The van der Waals surface area contributed by atoms with E-state index in [9.17, 15) is 5.26 Å². The van der Waals surface area contributed by atoms with Crippen LogP contribution >= 0.6 is 11.3 Å². The Balaban J connectivity index is 1.91. The highest BCUT2D eigenvalue weighted by molar-refractivity contribution is 7.13. The van der Waals surface area contributed by atoms with Gasteiger partial charge in [0.1, 0.15) is 12.7 Å². The molecule has 0 saturated carbocycles. The van der Waals surface area contributed by atoms with Crippen molar-refractivity contribution in [2.24, 2.45) is 0 Å². The fourth-order valence-corrected chi connectivity index (χ4v) is 2.96. The summed E-state index contributed by atoms with van der Waals surface area (Å²) in [6.45, 7) is 0.409. The summed E-state index contributed by atoms with van der Waals surface area (Å²) in [4.78, 5) is 10.6. The summed E-state index contributed by atoms with van der Waals surface area (Å²) in [5, 5.41) is 11.3. The van der Waals surface area contributed by atoms with Crippen molar-refractivity contribution in [3.63, 3.8) is 0 Å². The first-order valence-electron chi connectivity index (χ1n) is 6.72. The highest BCUT2D eigenvalue weighted by Gasteiger charge is 2.10. The second-order valence-corrected chi connectivity index (χ2v) is 5.62. The summed E-state index contributed by atoms with van der Waals surface area (Å²) in [5.41, 5.74) is 3.66. The van der Waals surface area contributed by atoms with Crippen LogP contribution in [0.15, 0.2) is 54.2 Å². The number of hydrogen-bond acceptors (Lipinski definition) is 4. The molecule has 0 amide bonds. The molecule has 2 heterocycles. The van der Waals surface area contributed by atoms with E-state index in [1.165, 1.54) is 7.11 Å². The molecule has 0 fully saturated rings. The van der Waals surface area contributed by atoms with Crippen LogP contribution in [0.1, 0.15) is 11.1 Å². The molecule has 1 aromatic carbocycles. The predicted molar refractivity (Wildman–Crippen MR) is 85.6 cm³/mol. The SMILES string of the molecule is COOCc1ccc(-n2cc(C#N)c(-c3cccs3)c2)cc1. The van der Waals surface area contributed by atoms with Crippen molar-refractivity contribution in [1.82, 2.24) is 4.57 Å². The first kappa shape index (κ1) is 14.5. The van der Waals surface area contributed by atoms with E-state index in [-0.39, 0.29) is 0 Å². The van der Waals surface area contributed by atoms with Gasteiger partial charge < -0.3 is 4.57 Å². The predicted octanol–water partition coefficient (Wildman–Crippen LogP) is 4.16. The number of hydrogen-bond donors (Lipinski definition) is 0. The molecule has 0 N–H and O–H groups in total. The standard InChI is InChI=1S/C17H14N2O2S/c1-20-21-12-13-4-6-15(7-5-13)19-10-14(9-18)16(11-19)17-3-2-8-22-17/h2-8,10-11H,12H2,1H3. The van der Waals surface area contributed by atoms with Gasteiger partial charge in [-0.05, 0) is 29.1 Å². The van der Waals surface area contributed by atoms with E-state index in [2.05, 4.69) is 11.0 Å². The molecule has 0 aliphatic heterocycles. The Morgan fingerprint density at radius 2 is 2.00 bits per heavy atom. The van der Waals surface area contributed by atoms with Gasteiger partial charge in [0.25, 0.3) is 0 Å². The van der Waals surface area contributed by atoms with Crippen molar-refractivity contribution in [3.8, 4) is 22.2 Å². The average molecular weight is 310 g/mol. The number of benzene rings is 1. The molecule has 0 unspecified atom stereocenters. The molecule has 0 saturated heterocycles. The third-order valence-electron chi connectivity index (χ3n) is 3.31. The van der Waals surface area contributed by atoms with Gasteiger partial charge in [0.2, 0.25) is 0 Å². The molecular weight excluding hydrogens is 296 g/mol. The third kappa shape index (κ3) is 2.95. The molecule has 2 aromatic heterocycles. The number of rotatable bonds is 5. The van der Waals surface area contributed by atoms with Crippen LogP contribution in [0.5, 0.6) is 0 Å². The van der Waals surface area contributed by atoms with Gasteiger partial charge >= 0.3 is 0 Å². The smallest absolute Gasteiger partial charge is 0.107 e. The average Bonchev–Trinajstić information content (AvgIpc) is 3.22. The molecule has 3 rings (SSSR count). The van der Waals surface area contributed by atoms with Crippen molar-refractivity contribution in [3.05, 3.63) is 65.3 Å². The van der Waals surface area contributed by atoms with Crippen LogP contribution in [0.2, 0.25) is 0 Å². The van der Waals surface area contributed by atoms with Gasteiger partial charge in [-0.3, -0.25) is 0 Å². The number of thiophene rings is 1. The Morgan fingerprint density at radius 1 is 1.18 bits per heavy atom. The summed E-state index contributed by atoms with van der Waals surface area (Å²) >= 11 is 1.63. The van der Waals surface area contributed by atoms with Crippen molar-refractivity contribution >= 4 is 11.3 Å². The van der Waals surface area contributed by atoms with E-state index in [0.717, 1.165) is 21.7 Å². The highest BCUT2D eigenvalue weighted by Crippen LogP contribution is 2.29. The second kappa shape index (κ2) is 6.58. The fraction of sp³-hybridized carbons (Fsp3) is 0.118. The summed E-state index contributed by atoms with van der Waals surface area (Å²) in [5.74, 6) is 0. The molecule has 4 nitrogen and oxygen atoms in total. The Kier molecular flexibility index (Phi) is 4.35. The molecule has 0 radical (unpaired) electrons. The van der Waals surface area contributed by atoms with Gasteiger partial charge in [0.05, 0.1) is 12.7 Å². The monoisotopic (exact) mass is 310 g/mol. The molecular formula is C17H14N2O2S. The normalized spacial score (nSPS) is 10.5. The van der Waals surface area contributed by atoms with Crippen LogP contribution in [0.3, 0.4) is 0 Å². The van der Waals surface area contributed by atoms with Crippen LogP contribution < -0.4 is 0 Å². The first-order chi connectivity index (χ1) is 10.8. The number of nitrogens with zero attached hydrogens (tertiary/aromatic N) is 2. The van der Waals surface area contributed by atoms with E-state index in [0.29, 0.717) is 12.2 Å². The highest BCUT2D eigenvalue weighted by atomic mass is 32.1. The summed E-state index contributed by atoms with van der Waals surface area (Å²) in [6, 6.07) is 14.2. The van der Waals surface area contributed by atoms with E-state index in [1.807, 2.05) is 58.7 Å². The zero-order chi connectivity index (χ0) is 15.4. The van der Waals surface area contributed by atoms with Gasteiger partial charge in [-0.25, -0.2) is 9.78 Å². The van der Waals surface area contributed by atoms with Crippen LogP contribution in [0, 0.1) is 11.3 Å². The Hall–Kier alpha value is -2.39. The second-order valence-electron chi connectivity index (χ2n) is 4.68. The van der Waals surface area contributed by atoms with E-state index >= 15 is 0 Å². The van der Waals surface area contributed by atoms with Gasteiger partial charge in [-0.15, -0.1) is 11.3 Å². The largest absolute Gasteiger partial charge is 0.322 e. The minimum absolute atomic E-state index is 0.409. The van der Waals surface area contributed by atoms with Crippen LogP contribution in [0.4, 0.5) is 0 Å². The maximum Gasteiger partial charge on any atom is 0.107 e. The first-order valence-corrected chi connectivity index (χ1v) is 7.60. The maximum absolute atomic E-state index is 9.33. The van der Waals surface area contributed by atoms with Crippen molar-refractivity contribution < 1.29 is 9.78 Å². The maximum atomic E-state index is 9.33. The molecule has 22 heavy (non-hydrogen) atoms. The van der Waals surface area contributed by atoms with Crippen molar-refractivity contribution in [2.45, 2.75) is 6.61 Å². The topological polar surface area (TPSA) is 47.2 Å². The van der Waals surface area contributed by atoms with Gasteiger partial charge in [-0.1, -0.05) is 18.2 Å². The molecule has 5 heteroatoms. The fourth-order valence-electron chi connectivity index (χ4n) is 2.21. The molecule has 0 spiro atoms. The molecule has 0 aliphatic rings.